The van der Waals surface area contributed by atoms with Crippen molar-refractivity contribution in [3.05, 3.63) is 34.1 Å². The van der Waals surface area contributed by atoms with Gasteiger partial charge in [-0.2, -0.15) is 9.61 Å². The van der Waals surface area contributed by atoms with Gasteiger partial charge in [0.2, 0.25) is 4.96 Å². The van der Waals surface area contributed by atoms with E-state index >= 15 is 0 Å². The number of benzene rings is 1. The van der Waals surface area contributed by atoms with Gasteiger partial charge in [-0.1, -0.05) is 34.5 Å². The van der Waals surface area contributed by atoms with Crippen molar-refractivity contribution in [2.45, 2.75) is 43.9 Å². The molecule has 0 aliphatic heterocycles. The SMILES string of the molecule is Clc1ccc(Cl)c(-c2nn3c(C45CC6CC(CC(C6)C4)C5)nnc3s2)c1. The molecule has 2 heterocycles. The summed E-state index contributed by atoms with van der Waals surface area (Å²) in [5, 5.41) is 16.1. The van der Waals surface area contributed by atoms with Gasteiger partial charge in [0.15, 0.2) is 5.82 Å². The van der Waals surface area contributed by atoms with E-state index in [9.17, 15) is 0 Å². The minimum atomic E-state index is 0.178. The molecular formula is C19H18Cl2N4S. The molecule has 2 aromatic heterocycles. The molecule has 0 unspecified atom stereocenters. The van der Waals surface area contributed by atoms with Gasteiger partial charge >= 0.3 is 0 Å². The van der Waals surface area contributed by atoms with Gasteiger partial charge in [0.25, 0.3) is 0 Å². The van der Waals surface area contributed by atoms with Crippen LogP contribution in [-0.2, 0) is 5.41 Å². The highest BCUT2D eigenvalue weighted by Gasteiger charge is 2.54. The molecule has 3 aromatic rings. The fraction of sp³-hybridized carbons (Fsp3) is 0.526. The van der Waals surface area contributed by atoms with Crippen molar-refractivity contribution in [3.63, 3.8) is 0 Å². The van der Waals surface area contributed by atoms with Crippen molar-refractivity contribution in [1.29, 1.82) is 0 Å². The Balaban J connectivity index is 1.48. The fourth-order valence-corrected chi connectivity index (χ4v) is 7.41. The van der Waals surface area contributed by atoms with Gasteiger partial charge in [-0.25, -0.2) is 0 Å². The molecule has 4 fully saturated rings. The summed E-state index contributed by atoms with van der Waals surface area (Å²) in [4.78, 5) is 0.849. The second-order valence-corrected chi connectivity index (χ2v) is 10.2. The average Bonchev–Trinajstić information content (AvgIpc) is 3.16. The first-order valence-corrected chi connectivity index (χ1v) is 10.8. The number of rotatable bonds is 2. The summed E-state index contributed by atoms with van der Waals surface area (Å²) in [7, 11) is 0. The molecule has 4 nitrogen and oxygen atoms in total. The third-order valence-corrected chi connectivity index (χ3v) is 8.16. The van der Waals surface area contributed by atoms with Crippen molar-refractivity contribution in [2.75, 3.05) is 0 Å². The van der Waals surface area contributed by atoms with Crippen LogP contribution in [-0.4, -0.2) is 19.8 Å². The van der Waals surface area contributed by atoms with Crippen LogP contribution in [0.2, 0.25) is 10.0 Å². The van der Waals surface area contributed by atoms with Crippen LogP contribution in [0.1, 0.15) is 44.3 Å². The number of hydrogen-bond acceptors (Lipinski definition) is 4. The van der Waals surface area contributed by atoms with Crippen LogP contribution in [0.25, 0.3) is 15.5 Å². The van der Waals surface area contributed by atoms with E-state index in [1.807, 2.05) is 16.6 Å². The Kier molecular flexibility index (Phi) is 3.31. The van der Waals surface area contributed by atoms with Crippen LogP contribution < -0.4 is 0 Å². The molecule has 0 spiro atoms. The Morgan fingerprint density at radius 1 is 1.00 bits per heavy atom. The Morgan fingerprint density at radius 2 is 1.69 bits per heavy atom. The van der Waals surface area contributed by atoms with Crippen molar-refractivity contribution in [2.24, 2.45) is 17.8 Å². The zero-order valence-electron chi connectivity index (χ0n) is 14.2. The second kappa shape index (κ2) is 5.43. The first-order chi connectivity index (χ1) is 12.6. The number of fused-ring (bicyclic) bond motifs is 1. The van der Waals surface area contributed by atoms with Crippen molar-refractivity contribution >= 4 is 39.5 Å². The van der Waals surface area contributed by atoms with E-state index in [0.29, 0.717) is 10.0 Å². The van der Waals surface area contributed by atoms with Crippen molar-refractivity contribution in [1.82, 2.24) is 19.8 Å². The third-order valence-electron chi connectivity index (χ3n) is 6.66. The van der Waals surface area contributed by atoms with Crippen LogP contribution >= 0.6 is 34.5 Å². The van der Waals surface area contributed by atoms with Gasteiger partial charge in [0.1, 0.15) is 5.01 Å². The van der Waals surface area contributed by atoms with E-state index in [4.69, 9.17) is 28.3 Å². The van der Waals surface area contributed by atoms with E-state index in [2.05, 4.69) is 10.2 Å². The highest BCUT2D eigenvalue weighted by Crippen LogP contribution is 2.60. The third kappa shape index (κ3) is 2.23. The fourth-order valence-electron chi connectivity index (χ4n) is 6.10. The lowest BCUT2D eigenvalue weighted by Gasteiger charge is -2.55. The Labute approximate surface area is 165 Å². The highest BCUT2D eigenvalue weighted by molar-refractivity contribution is 7.19. The molecule has 26 heavy (non-hydrogen) atoms. The van der Waals surface area contributed by atoms with Gasteiger partial charge in [-0.15, -0.1) is 10.2 Å². The molecule has 4 aliphatic rings. The predicted molar refractivity (Wildman–Crippen MR) is 104 cm³/mol. The first-order valence-electron chi connectivity index (χ1n) is 9.28. The number of nitrogens with zero attached hydrogens (tertiary/aromatic N) is 4. The zero-order valence-corrected chi connectivity index (χ0v) is 16.5. The minimum Gasteiger partial charge on any atom is -0.186 e. The Morgan fingerprint density at radius 3 is 2.38 bits per heavy atom. The predicted octanol–water partition coefficient (Wildman–Crippen LogP) is 5.63. The molecule has 7 rings (SSSR count). The zero-order chi connectivity index (χ0) is 17.5. The average molecular weight is 405 g/mol. The summed E-state index contributed by atoms with van der Waals surface area (Å²) in [5.74, 6) is 3.68. The number of halogens is 2. The van der Waals surface area contributed by atoms with E-state index in [0.717, 1.165) is 39.1 Å². The molecule has 4 saturated carbocycles. The maximum absolute atomic E-state index is 6.38. The molecule has 0 amide bonds. The smallest absolute Gasteiger partial charge is 0.186 e. The lowest BCUT2D eigenvalue weighted by molar-refractivity contribution is -0.0103. The molecule has 0 radical (unpaired) electrons. The van der Waals surface area contributed by atoms with E-state index in [-0.39, 0.29) is 5.41 Å². The van der Waals surface area contributed by atoms with Gasteiger partial charge in [0.05, 0.1) is 5.02 Å². The summed E-state index contributed by atoms with van der Waals surface area (Å²) in [6.07, 6.45) is 8.02. The molecule has 134 valence electrons. The summed E-state index contributed by atoms with van der Waals surface area (Å²) >= 11 is 14.1. The Hall–Kier alpha value is -1.17. The quantitative estimate of drug-likeness (QED) is 0.555. The topological polar surface area (TPSA) is 43.1 Å². The van der Waals surface area contributed by atoms with Gasteiger partial charge in [-0.05, 0) is 74.5 Å². The summed E-state index contributed by atoms with van der Waals surface area (Å²) in [6, 6.07) is 5.50. The van der Waals surface area contributed by atoms with Gasteiger partial charge < -0.3 is 0 Å². The molecule has 7 heteroatoms. The maximum atomic E-state index is 6.38. The highest BCUT2D eigenvalue weighted by atomic mass is 35.5. The van der Waals surface area contributed by atoms with Crippen LogP contribution in [0.4, 0.5) is 0 Å². The summed E-state index contributed by atoms with van der Waals surface area (Å²) in [6.45, 7) is 0. The van der Waals surface area contributed by atoms with Crippen molar-refractivity contribution < 1.29 is 0 Å². The van der Waals surface area contributed by atoms with Crippen molar-refractivity contribution in [3.8, 4) is 10.6 Å². The summed E-state index contributed by atoms with van der Waals surface area (Å²) < 4.78 is 1.99. The molecular weight excluding hydrogens is 387 g/mol. The first kappa shape index (κ1) is 15.8. The normalized spacial score (nSPS) is 32.6. The van der Waals surface area contributed by atoms with Gasteiger partial charge in [-0.3, -0.25) is 0 Å². The second-order valence-electron chi connectivity index (χ2n) is 8.45. The molecule has 0 atom stereocenters. The van der Waals surface area contributed by atoms with Gasteiger partial charge in [0, 0.05) is 16.0 Å². The largest absolute Gasteiger partial charge is 0.235 e. The number of aromatic nitrogens is 4. The lowest BCUT2D eigenvalue weighted by atomic mass is 9.49. The molecule has 4 bridgehead atoms. The van der Waals surface area contributed by atoms with E-state index in [1.165, 1.54) is 49.9 Å². The summed E-state index contributed by atoms with van der Waals surface area (Å²) in [5.41, 5.74) is 1.04. The molecule has 0 N–H and O–H groups in total. The monoisotopic (exact) mass is 404 g/mol. The molecule has 1 aromatic carbocycles. The molecule has 0 saturated heterocycles. The minimum absolute atomic E-state index is 0.178. The maximum Gasteiger partial charge on any atom is 0.235 e. The van der Waals surface area contributed by atoms with Crippen LogP contribution in [0, 0.1) is 17.8 Å². The Bertz CT molecular complexity index is 989. The lowest BCUT2D eigenvalue weighted by Crippen LogP contribution is -2.49. The van der Waals surface area contributed by atoms with Crippen LogP contribution in [0.3, 0.4) is 0 Å². The number of hydrogen-bond donors (Lipinski definition) is 0. The van der Waals surface area contributed by atoms with Crippen LogP contribution in [0.15, 0.2) is 18.2 Å². The van der Waals surface area contributed by atoms with E-state index < -0.39 is 0 Å². The van der Waals surface area contributed by atoms with E-state index in [1.54, 1.807) is 6.07 Å². The molecule has 4 aliphatic carbocycles. The standard InChI is InChI=1S/C19H18Cl2N4S/c20-13-1-2-15(21)14(6-13)16-24-25-17(22-23-18(25)26-16)19-7-10-3-11(8-19)5-12(4-10)9-19/h1-2,6,10-12H,3-5,7-9H2. The van der Waals surface area contributed by atoms with Crippen LogP contribution in [0.5, 0.6) is 0 Å².